The third-order valence-electron chi connectivity index (χ3n) is 4.51. The van der Waals surface area contributed by atoms with E-state index < -0.39 is 0 Å². The quantitative estimate of drug-likeness (QED) is 0.825. The highest BCUT2D eigenvalue weighted by Gasteiger charge is 2.42. The summed E-state index contributed by atoms with van der Waals surface area (Å²) in [5.74, 6) is 0.177. The molecule has 2 fully saturated rings. The van der Waals surface area contributed by atoms with Crippen molar-refractivity contribution in [3.63, 3.8) is 0 Å². The zero-order valence-electron chi connectivity index (χ0n) is 12.0. The number of carbonyl (C=O) groups excluding carboxylic acids is 2. The van der Waals surface area contributed by atoms with E-state index in [1.807, 2.05) is 13.8 Å². The van der Waals surface area contributed by atoms with Gasteiger partial charge in [0.05, 0.1) is 18.7 Å². The van der Waals surface area contributed by atoms with Gasteiger partial charge in [0.15, 0.2) is 0 Å². The number of nitrogens with zero attached hydrogens (tertiary/aromatic N) is 1. The summed E-state index contributed by atoms with van der Waals surface area (Å²) in [6.45, 7) is 4.22. The van der Waals surface area contributed by atoms with Crippen molar-refractivity contribution in [2.45, 2.75) is 57.7 Å². The minimum Gasteiger partial charge on any atom is -0.379 e. The van der Waals surface area contributed by atoms with E-state index in [2.05, 4.69) is 5.32 Å². The van der Waals surface area contributed by atoms with Crippen LogP contribution >= 0.6 is 0 Å². The van der Waals surface area contributed by atoms with E-state index >= 15 is 0 Å². The zero-order valence-corrected chi connectivity index (χ0v) is 12.0. The van der Waals surface area contributed by atoms with Crippen molar-refractivity contribution in [3.8, 4) is 0 Å². The molecule has 19 heavy (non-hydrogen) atoms. The molecule has 1 aliphatic heterocycles. The van der Waals surface area contributed by atoms with Crippen molar-refractivity contribution >= 4 is 11.8 Å². The lowest BCUT2D eigenvalue weighted by atomic mass is 9.95. The van der Waals surface area contributed by atoms with Gasteiger partial charge in [-0.1, -0.05) is 20.3 Å². The first-order chi connectivity index (χ1) is 9.08. The summed E-state index contributed by atoms with van der Waals surface area (Å²) >= 11 is 0. The van der Waals surface area contributed by atoms with Crippen molar-refractivity contribution < 1.29 is 14.3 Å². The van der Waals surface area contributed by atoms with E-state index in [0.29, 0.717) is 0 Å². The Morgan fingerprint density at radius 2 is 2.16 bits per heavy atom. The molecule has 2 amide bonds. The van der Waals surface area contributed by atoms with Gasteiger partial charge in [0.25, 0.3) is 0 Å². The molecule has 1 aliphatic carbocycles. The number of rotatable bonds is 4. The number of ether oxygens (including phenoxy) is 1. The van der Waals surface area contributed by atoms with Crippen LogP contribution in [0.1, 0.15) is 39.5 Å². The molecule has 108 valence electrons. The highest BCUT2D eigenvalue weighted by molar-refractivity contribution is 5.95. The highest BCUT2D eigenvalue weighted by atomic mass is 16.5. The van der Waals surface area contributed by atoms with E-state index in [0.717, 1.165) is 25.7 Å². The number of methoxy groups -OCH3 is 1. The predicted octanol–water partition coefficient (Wildman–Crippen LogP) is 0.927. The van der Waals surface area contributed by atoms with Crippen LogP contribution in [0.5, 0.6) is 0 Å². The maximum absolute atomic E-state index is 12.6. The summed E-state index contributed by atoms with van der Waals surface area (Å²) in [6, 6.07) is -0.306. The normalized spacial score (nSPS) is 33.4. The Morgan fingerprint density at radius 1 is 1.42 bits per heavy atom. The van der Waals surface area contributed by atoms with Crippen molar-refractivity contribution in [2.75, 3.05) is 13.7 Å². The molecule has 0 spiro atoms. The highest BCUT2D eigenvalue weighted by Crippen LogP contribution is 2.28. The van der Waals surface area contributed by atoms with E-state index in [1.165, 1.54) is 0 Å². The monoisotopic (exact) mass is 268 g/mol. The summed E-state index contributed by atoms with van der Waals surface area (Å²) in [5, 5.41) is 2.83. The van der Waals surface area contributed by atoms with Gasteiger partial charge in [-0.05, 0) is 25.2 Å². The van der Waals surface area contributed by atoms with Gasteiger partial charge in [-0.25, -0.2) is 0 Å². The maximum Gasteiger partial charge on any atom is 0.246 e. The molecule has 0 radical (unpaired) electrons. The number of carbonyl (C=O) groups is 2. The molecule has 4 atom stereocenters. The topological polar surface area (TPSA) is 58.6 Å². The van der Waals surface area contributed by atoms with Crippen LogP contribution in [0.25, 0.3) is 0 Å². The fraction of sp³-hybridized carbons (Fsp3) is 0.857. The molecule has 1 saturated heterocycles. The van der Waals surface area contributed by atoms with Crippen LogP contribution in [0.3, 0.4) is 0 Å². The molecule has 2 rings (SSSR count). The Labute approximate surface area is 114 Å². The van der Waals surface area contributed by atoms with Crippen LogP contribution in [-0.4, -0.2) is 48.6 Å². The van der Waals surface area contributed by atoms with Crippen LogP contribution in [0.15, 0.2) is 0 Å². The second-order valence-electron chi connectivity index (χ2n) is 5.67. The minimum absolute atomic E-state index is 0.0494. The molecular weight excluding hydrogens is 244 g/mol. The minimum atomic E-state index is -0.371. The third kappa shape index (κ3) is 2.76. The van der Waals surface area contributed by atoms with Crippen molar-refractivity contribution in [1.82, 2.24) is 10.2 Å². The number of hydrogen-bond donors (Lipinski definition) is 1. The van der Waals surface area contributed by atoms with Gasteiger partial charge in [-0.15, -0.1) is 0 Å². The standard InChI is InChI=1S/C14H24N2O3/c1-4-9(2)13-14(18)16(8-12(17)15-13)10-6-5-7-11(10)19-3/h9-11,13H,4-8H2,1-3H3,(H,15,17). The summed E-state index contributed by atoms with van der Waals surface area (Å²) < 4.78 is 5.46. The number of piperazine rings is 1. The van der Waals surface area contributed by atoms with Crippen LogP contribution in [0.4, 0.5) is 0 Å². The largest absolute Gasteiger partial charge is 0.379 e. The Balaban J connectivity index is 2.15. The van der Waals surface area contributed by atoms with Crippen molar-refractivity contribution in [2.24, 2.45) is 5.92 Å². The van der Waals surface area contributed by atoms with Gasteiger partial charge in [0.1, 0.15) is 6.04 Å². The smallest absolute Gasteiger partial charge is 0.246 e. The second kappa shape index (κ2) is 5.90. The van der Waals surface area contributed by atoms with Crippen molar-refractivity contribution in [3.05, 3.63) is 0 Å². The van der Waals surface area contributed by atoms with E-state index in [1.54, 1.807) is 12.0 Å². The van der Waals surface area contributed by atoms with E-state index in [9.17, 15) is 9.59 Å². The van der Waals surface area contributed by atoms with Crippen LogP contribution < -0.4 is 5.32 Å². The molecule has 1 N–H and O–H groups in total. The first kappa shape index (κ1) is 14.3. The lowest BCUT2D eigenvalue weighted by Crippen LogP contribution is -2.63. The van der Waals surface area contributed by atoms with Gasteiger partial charge in [-0.3, -0.25) is 9.59 Å². The molecule has 0 aromatic carbocycles. The van der Waals surface area contributed by atoms with Gasteiger partial charge in [-0.2, -0.15) is 0 Å². The molecule has 0 aromatic heterocycles. The van der Waals surface area contributed by atoms with Crippen LogP contribution in [-0.2, 0) is 14.3 Å². The molecule has 5 nitrogen and oxygen atoms in total. The fourth-order valence-corrected chi connectivity index (χ4v) is 3.13. The molecule has 1 saturated carbocycles. The van der Waals surface area contributed by atoms with Crippen molar-refractivity contribution in [1.29, 1.82) is 0 Å². The Morgan fingerprint density at radius 3 is 2.79 bits per heavy atom. The van der Waals surface area contributed by atoms with Crippen LogP contribution in [0, 0.1) is 5.92 Å². The molecule has 2 aliphatic rings. The number of amides is 2. The molecular formula is C14H24N2O3. The fourth-order valence-electron chi connectivity index (χ4n) is 3.13. The van der Waals surface area contributed by atoms with Gasteiger partial charge >= 0.3 is 0 Å². The van der Waals surface area contributed by atoms with Gasteiger partial charge < -0.3 is 15.0 Å². The number of hydrogen-bond acceptors (Lipinski definition) is 3. The Kier molecular flexibility index (Phi) is 4.45. The zero-order chi connectivity index (χ0) is 14.0. The number of nitrogens with one attached hydrogen (secondary N) is 1. The molecule has 0 bridgehead atoms. The summed E-state index contributed by atoms with van der Waals surface area (Å²) in [5.41, 5.74) is 0. The first-order valence-electron chi connectivity index (χ1n) is 7.21. The lowest BCUT2D eigenvalue weighted by molar-refractivity contribution is -0.150. The Hall–Kier alpha value is -1.10. The Bertz CT molecular complexity index is 359. The molecule has 1 heterocycles. The van der Waals surface area contributed by atoms with Gasteiger partial charge in [0, 0.05) is 7.11 Å². The van der Waals surface area contributed by atoms with Gasteiger partial charge in [0.2, 0.25) is 11.8 Å². The molecule has 5 heteroatoms. The third-order valence-corrected chi connectivity index (χ3v) is 4.51. The summed E-state index contributed by atoms with van der Waals surface area (Å²) in [4.78, 5) is 26.2. The van der Waals surface area contributed by atoms with Crippen LogP contribution in [0.2, 0.25) is 0 Å². The summed E-state index contributed by atoms with van der Waals surface area (Å²) in [6.07, 6.45) is 3.92. The predicted molar refractivity (Wildman–Crippen MR) is 71.5 cm³/mol. The lowest BCUT2D eigenvalue weighted by Gasteiger charge is -2.40. The summed E-state index contributed by atoms with van der Waals surface area (Å²) in [7, 11) is 1.68. The SMILES string of the molecule is CCC(C)C1NC(=O)CN(C2CCCC2OC)C1=O. The maximum atomic E-state index is 12.6. The molecule has 0 aromatic rings. The average molecular weight is 268 g/mol. The molecule has 4 unspecified atom stereocenters. The van der Waals surface area contributed by atoms with E-state index in [-0.39, 0.29) is 42.5 Å². The second-order valence-corrected chi connectivity index (χ2v) is 5.67. The first-order valence-corrected chi connectivity index (χ1v) is 7.21. The van der Waals surface area contributed by atoms with E-state index in [4.69, 9.17) is 4.74 Å². The average Bonchev–Trinajstić information content (AvgIpc) is 2.88.